The maximum absolute atomic E-state index is 12.0. The topological polar surface area (TPSA) is 96.9 Å². The molecule has 2 amide bonds. The summed E-state index contributed by atoms with van der Waals surface area (Å²) >= 11 is 0. The van der Waals surface area contributed by atoms with Gasteiger partial charge in [0.2, 0.25) is 0 Å². The van der Waals surface area contributed by atoms with Gasteiger partial charge >= 0.3 is 12.2 Å². The van der Waals surface area contributed by atoms with E-state index in [0.717, 1.165) is 25.7 Å². The molecular weight excluding hydrogens is 312 g/mol. The van der Waals surface area contributed by atoms with Crippen LogP contribution in [0.15, 0.2) is 0 Å². The summed E-state index contributed by atoms with van der Waals surface area (Å²) in [4.78, 5) is 23.5. The van der Waals surface area contributed by atoms with Gasteiger partial charge in [0.05, 0.1) is 6.61 Å². The molecule has 0 aromatic rings. The monoisotopic (exact) mass is 342 g/mol. The molecule has 1 aliphatic heterocycles. The van der Waals surface area contributed by atoms with E-state index in [4.69, 9.17) is 9.47 Å². The minimum atomic E-state index is -0.513. The Morgan fingerprint density at radius 3 is 2.79 bits per heavy atom. The Morgan fingerprint density at radius 2 is 2.12 bits per heavy atom. The van der Waals surface area contributed by atoms with Gasteiger partial charge in [0, 0.05) is 25.1 Å². The first-order valence-electron chi connectivity index (χ1n) is 8.79. The van der Waals surface area contributed by atoms with Crippen LogP contribution < -0.4 is 10.6 Å². The quantitative estimate of drug-likeness (QED) is 0.713. The Kier molecular flexibility index (Phi) is 6.32. The normalized spacial score (nSPS) is 31.4. The number of rotatable bonds is 2. The van der Waals surface area contributed by atoms with Crippen molar-refractivity contribution in [2.75, 3.05) is 19.8 Å². The standard InChI is InChI=1S/C17H30N2O5/c1-17(2,3)24-16(22)19-13-4-5-14-11(8-13)6-7-23-15(21)18-9-12(14)10-20/h11-14,20H,4-10H2,1-3H3,(H,18,21)(H,19,22)/t11-,12+,13?,14-/m1/s1. The number of nitrogens with one attached hydrogen (secondary N) is 2. The largest absolute Gasteiger partial charge is 0.450 e. The molecule has 1 saturated heterocycles. The molecular formula is C17H30N2O5. The second-order valence-electron chi connectivity index (χ2n) is 7.83. The lowest BCUT2D eigenvalue weighted by Crippen LogP contribution is -2.45. The van der Waals surface area contributed by atoms with Crippen molar-refractivity contribution in [2.24, 2.45) is 17.8 Å². The van der Waals surface area contributed by atoms with Gasteiger partial charge in [-0.05, 0) is 58.3 Å². The molecule has 0 aromatic carbocycles. The molecule has 7 heteroatoms. The summed E-state index contributed by atoms with van der Waals surface area (Å²) < 4.78 is 10.5. The first-order valence-corrected chi connectivity index (χ1v) is 8.79. The third-order valence-electron chi connectivity index (χ3n) is 4.83. The molecule has 0 radical (unpaired) electrons. The lowest BCUT2D eigenvalue weighted by Gasteiger charge is -2.39. The number of carbonyl (C=O) groups excluding carboxylic acids is 2. The first kappa shape index (κ1) is 18.8. The maximum atomic E-state index is 12.0. The molecule has 2 aliphatic rings. The smallest absolute Gasteiger partial charge is 0.407 e. The fourth-order valence-corrected chi connectivity index (χ4v) is 3.77. The lowest BCUT2D eigenvalue weighted by atomic mass is 9.70. The molecule has 0 aromatic heterocycles. The molecule has 3 N–H and O–H groups in total. The van der Waals surface area contributed by atoms with Crippen LogP contribution >= 0.6 is 0 Å². The highest BCUT2D eigenvalue weighted by molar-refractivity contribution is 5.68. The third-order valence-corrected chi connectivity index (χ3v) is 4.83. The predicted octanol–water partition coefficient (Wildman–Crippen LogP) is 2.03. The summed E-state index contributed by atoms with van der Waals surface area (Å²) in [7, 11) is 0. The van der Waals surface area contributed by atoms with E-state index in [2.05, 4.69) is 10.6 Å². The van der Waals surface area contributed by atoms with Gasteiger partial charge < -0.3 is 25.2 Å². The van der Waals surface area contributed by atoms with E-state index in [9.17, 15) is 14.7 Å². The molecule has 0 bridgehead atoms. The summed E-state index contributed by atoms with van der Waals surface area (Å²) in [5, 5.41) is 15.4. The summed E-state index contributed by atoms with van der Waals surface area (Å²) in [5.41, 5.74) is -0.513. The van der Waals surface area contributed by atoms with Crippen molar-refractivity contribution in [1.82, 2.24) is 10.6 Å². The predicted molar refractivity (Wildman–Crippen MR) is 88.5 cm³/mol. The highest BCUT2D eigenvalue weighted by atomic mass is 16.6. The van der Waals surface area contributed by atoms with E-state index in [1.807, 2.05) is 20.8 Å². The molecule has 1 aliphatic carbocycles. The zero-order chi connectivity index (χ0) is 17.7. The highest BCUT2D eigenvalue weighted by Crippen LogP contribution is 2.37. The van der Waals surface area contributed by atoms with E-state index >= 15 is 0 Å². The van der Waals surface area contributed by atoms with Crippen molar-refractivity contribution in [3.8, 4) is 0 Å². The van der Waals surface area contributed by atoms with Crippen LogP contribution in [0.3, 0.4) is 0 Å². The van der Waals surface area contributed by atoms with Gasteiger partial charge in [-0.2, -0.15) is 0 Å². The van der Waals surface area contributed by atoms with Gasteiger partial charge in [-0.1, -0.05) is 0 Å². The minimum Gasteiger partial charge on any atom is -0.450 e. The number of amides is 2. The van der Waals surface area contributed by atoms with Gasteiger partial charge in [0.25, 0.3) is 0 Å². The molecule has 2 rings (SSSR count). The molecule has 7 nitrogen and oxygen atoms in total. The van der Waals surface area contributed by atoms with Gasteiger partial charge in [-0.3, -0.25) is 0 Å². The maximum Gasteiger partial charge on any atom is 0.407 e. The minimum absolute atomic E-state index is 0.0307. The number of cyclic esters (lactones) is 1. The Bertz CT molecular complexity index is 449. The van der Waals surface area contributed by atoms with E-state index in [1.54, 1.807) is 0 Å². The van der Waals surface area contributed by atoms with Crippen molar-refractivity contribution < 1.29 is 24.2 Å². The molecule has 1 heterocycles. The van der Waals surface area contributed by atoms with Crippen LogP contribution in [-0.4, -0.2) is 48.7 Å². The summed E-state index contributed by atoms with van der Waals surface area (Å²) in [6.07, 6.45) is 2.52. The van der Waals surface area contributed by atoms with Crippen LogP contribution in [0.4, 0.5) is 9.59 Å². The Balaban J connectivity index is 1.96. The second kappa shape index (κ2) is 8.05. The van der Waals surface area contributed by atoms with Gasteiger partial charge in [-0.15, -0.1) is 0 Å². The van der Waals surface area contributed by atoms with E-state index in [-0.39, 0.29) is 24.7 Å². The van der Waals surface area contributed by atoms with Crippen LogP contribution in [0, 0.1) is 17.8 Å². The molecule has 2 fully saturated rings. The van der Waals surface area contributed by atoms with Crippen molar-refractivity contribution in [2.45, 2.75) is 58.1 Å². The Hall–Kier alpha value is -1.50. The second-order valence-corrected chi connectivity index (χ2v) is 7.83. The highest BCUT2D eigenvalue weighted by Gasteiger charge is 2.37. The average Bonchev–Trinajstić information content (AvgIpc) is 2.54. The zero-order valence-corrected chi connectivity index (χ0v) is 14.8. The number of ether oxygens (including phenoxy) is 2. The summed E-state index contributed by atoms with van der Waals surface area (Å²) in [6, 6.07) is 0.0601. The SMILES string of the molecule is CC(C)(C)OC(=O)NC1CC[C@H]2[C@H](CO)CNC(=O)OCC[C@@H]2C1. The van der Waals surface area contributed by atoms with Crippen molar-refractivity contribution >= 4 is 12.2 Å². The zero-order valence-electron chi connectivity index (χ0n) is 14.8. The van der Waals surface area contributed by atoms with Crippen molar-refractivity contribution in [1.29, 1.82) is 0 Å². The number of carbonyl (C=O) groups is 2. The Morgan fingerprint density at radius 1 is 1.38 bits per heavy atom. The van der Waals surface area contributed by atoms with Crippen molar-refractivity contribution in [3.05, 3.63) is 0 Å². The molecule has 4 atom stereocenters. The fraction of sp³-hybridized carbons (Fsp3) is 0.882. The van der Waals surface area contributed by atoms with Crippen LogP contribution in [0.1, 0.15) is 46.5 Å². The number of aliphatic hydroxyl groups is 1. The number of hydrogen-bond donors (Lipinski definition) is 3. The molecule has 0 spiro atoms. The third kappa shape index (κ3) is 5.54. The van der Waals surface area contributed by atoms with Gasteiger partial charge in [0.1, 0.15) is 5.60 Å². The fourth-order valence-electron chi connectivity index (χ4n) is 3.77. The molecule has 1 saturated carbocycles. The van der Waals surface area contributed by atoms with Crippen LogP contribution in [0.5, 0.6) is 0 Å². The molecule has 24 heavy (non-hydrogen) atoms. The molecule has 1 unspecified atom stereocenters. The van der Waals surface area contributed by atoms with Gasteiger partial charge in [0.15, 0.2) is 0 Å². The van der Waals surface area contributed by atoms with Crippen LogP contribution in [0.2, 0.25) is 0 Å². The number of alkyl carbamates (subject to hydrolysis) is 2. The van der Waals surface area contributed by atoms with E-state index in [1.165, 1.54) is 0 Å². The number of hydrogen-bond acceptors (Lipinski definition) is 5. The average molecular weight is 342 g/mol. The number of aliphatic hydroxyl groups excluding tert-OH is 1. The summed E-state index contributed by atoms with van der Waals surface area (Å²) in [5.74, 6) is 0.667. The summed E-state index contributed by atoms with van der Waals surface area (Å²) in [6.45, 7) is 6.37. The van der Waals surface area contributed by atoms with Gasteiger partial charge in [-0.25, -0.2) is 9.59 Å². The van der Waals surface area contributed by atoms with E-state index in [0.29, 0.717) is 25.0 Å². The molecule has 138 valence electrons. The van der Waals surface area contributed by atoms with Crippen LogP contribution in [0.25, 0.3) is 0 Å². The van der Waals surface area contributed by atoms with E-state index < -0.39 is 11.7 Å². The first-order chi connectivity index (χ1) is 11.3. The Labute approximate surface area is 143 Å². The number of fused-ring (bicyclic) bond motifs is 1. The lowest BCUT2D eigenvalue weighted by molar-refractivity contribution is 0.0421. The van der Waals surface area contributed by atoms with Crippen molar-refractivity contribution in [3.63, 3.8) is 0 Å². The van der Waals surface area contributed by atoms with Crippen LogP contribution in [-0.2, 0) is 9.47 Å².